The predicted molar refractivity (Wildman–Crippen MR) is 58.9 cm³/mol. The number of rotatable bonds is 7. The van der Waals surface area contributed by atoms with Gasteiger partial charge in [0.15, 0.2) is 11.5 Å². The molecular formula is C10H10BrF3O3. The number of benzene rings is 1. The highest BCUT2D eigenvalue weighted by Crippen LogP contribution is 2.36. The average Bonchev–Trinajstić information content (AvgIpc) is 2.33. The fourth-order valence-electron chi connectivity index (χ4n) is 1.22. The molecule has 0 aromatic heterocycles. The Morgan fingerprint density at radius 2 is 1.29 bits per heavy atom. The Bertz CT molecular complexity index is 363. The fourth-order valence-corrected chi connectivity index (χ4v) is 1.66. The molecule has 0 atom stereocenters. The third-order valence-electron chi connectivity index (χ3n) is 1.90. The molecule has 0 aliphatic heterocycles. The normalized spacial score (nSPS) is 10.1. The van der Waals surface area contributed by atoms with Crippen LogP contribution in [0.4, 0.5) is 13.2 Å². The quantitative estimate of drug-likeness (QED) is 0.721. The van der Waals surface area contributed by atoms with Crippen LogP contribution >= 0.6 is 15.9 Å². The number of hydrogen-bond donors (Lipinski definition) is 0. The molecule has 3 nitrogen and oxygen atoms in total. The zero-order valence-corrected chi connectivity index (χ0v) is 10.3. The highest BCUT2D eigenvalue weighted by atomic mass is 79.9. The first-order valence-electron chi connectivity index (χ1n) is 4.56. The van der Waals surface area contributed by atoms with Gasteiger partial charge in [-0.15, -0.1) is 0 Å². The molecule has 1 aromatic carbocycles. The van der Waals surface area contributed by atoms with Crippen LogP contribution in [-0.4, -0.2) is 20.6 Å². The van der Waals surface area contributed by atoms with Crippen LogP contribution < -0.4 is 14.2 Å². The van der Waals surface area contributed by atoms with E-state index in [2.05, 4.69) is 25.4 Å². The lowest BCUT2D eigenvalue weighted by Gasteiger charge is -2.13. The van der Waals surface area contributed by atoms with Crippen LogP contribution in [0.25, 0.3) is 0 Å². The second-order valence-corrected chi connectivity index (χ2v) is 3.36. The Labute approximate surface area is 105 Å². The minimum absolute atomic E-state index is 0.0332. The second-order valence-electron chi connectivity index (χ2n) is 2.80. The van der Waals surface area contributed by atoms with Crippen LogP contribution in [0, 0.1) is 0 Å². The Balaban J connectivity index is 3.11. The summed E-state index contributed by atoms with van der Waals surface area (Å²) >= 11 is 3.16. The molecule has 1 aromatic rings. The average molecular weight is 315 g/mol. The molecule has 0 heterocycles. The Morgan fingerprint density at radius 1 is 0.824 bits per heavy atom. The lowest BCUT2D eigenvalue weighted by Crippen LogP contribution is -2.01. The van der Waals surface area contributed by atoms with E-state index < -0.39 is 20.6 Å². The van der Waals surface area contributed by atoms with Crippen molar-refractivity contribution in [3.63, 3.8) is 0 Å². The molecule has 0 unspecified atom stereocenters. The van der Waals surface area contributed by atoms with Crippen molar-refractivity contribution in [3.05, 3.63) is 17.7 Å². The van der Waals surface area contributed by atoms with Crippen molar-refractivity contribution in [2.45, 2.75) is 5.33 Å². The van der Waals surface area contributed by atoms with Gasteiger partial charge in [-0.3, -0.25) is 0 Å². The fraction of sp³-hybridized carbons (Fsp3) is 0.400. The third-order valence-corrected chi connectivity index (χ3v) is 2.51. The van der Waals surface area contributed by atoms with Crippen LogP contribution in [0.15, 0.2) is 12.1 Å². The van der Waals surface area contributed by atoms with Crippen LogP contribution in [0.3, 0.4) is 0 Å². The van der Waals surface area contributed by atoms with Gasteiger partial charge < -0.3 is 14.2 Å². The second kappa shape index (κ2) is 7.26. The molecule has 0 radical (unpaired) electrons. The topological polar surface area (TPSA) is 27.7 Å². The van der Waals surface area contributed by atoms with Gasteiger partial charge in [-0.25, -0.2) is 13.2 Å². The lowest BCUT2D eigenvalue weighted by molar-refractivity contribution is 0.154. The molecule has 0 amide bonds. The van der Waals surface area contributed by atoms with E-state index in [-0.39, 0.29) is 17.2 Å². The smallest absolute Gasteiger partial charge is 0.228 e. The maximum Gasteiger partial charge on any atom is 0.228 e. The van der Waals surface area contributed by atoms with E-state index in [9.17, 15) is 13.2 Å². The van der Waals surface area contributed by atoms with Crippen molar-refractivity contribution >= 4 is 15.9 Å². The van der Waals surface area contributed by atoms with E-state index in [4.69, 9.17) is 4.74 Å². The summed E-state index contributed by atoms with van der Waals surface area (Å²) in [5, 5.41) is 0.348. The van der Waals surface area contributed by atoms with Gasteiger partial charge in [-0.1, -0.05) is 15.9 Å². The molecule has 0 aliphatic carbocycles. The summed E-state index contributed by atoms with van der Waals surface area (Å²) in [7, 11) is 0. The minimum Gasteiger partial charge on any atom is -0.462 e. The molecule has 96 valence electrons. The molecule has 7 heteroatoms. The van der Waals surface area contributed by atoms with E-state index in [1.165, 1.54) is 12.1 Å². The molecule has 0 aliphatic rings. The van der Waals surface area contributed by atoms with Gasteiger partial charge in [0, 0.05) is 17.0 Å². The van der Waals surface area contributed by atoms with Crippen LogP contribution in [0.1, 0.15) is 5.56 Å². The third kappa shape index (κ3) is 3.69. The first kappa shape index (κ1) is 14.0. The number of alkyl halides is 4. The van der Waals surface area contributed by atoms with Crippen LogP contribution in [0.5, 0.6) is 17.2 Å². The summed E-state index contributed by atoms with van der Waals surface area (Å²) in [6.07, 6.45) is 0. The van der Waals surface area contributed by atoms with Gasteiger partial charge in [0.25, 0.3) is 0 Å². The molecule has 0 N–H and O–H groups in total. The summed E-state index contributed by atoms with van der Waals surface area (Å²) in [4.78, 5) is 0. The predicted octanol–water partition coefficient (Wildman–Crippen LogP) is 3.50. The SMILES string of the molecule is FCOc1cc(OCF)c(OCF)cc1CBr. The maximum atomic E-state index is 12.1. The molecule has 1 rings (SSSR count). The van der Waals surface area contributed by atoms with Crippen molar-refractivity contribution in [1.82, 2.24) is 0 Å². The minimum atomic E-state index is -1.11. The zero-order chi connectivity index (χ0) is 12.7. The van der Waals surface area contributed by atoms with Crippen molar-refractivity contribution < 1.29 is 27.4 Å². The van der Waals surface area contributed by atoms with Gasteiger partial charge in [0.2, 0.25) is 20.6 Å². The largest absolute Gasteiger partial charge is 0.462 e. The van der Waals surface area contributed by atoms with Crippen molar-refractivity contribution in [3.8, 4) is 17.2 Å². The lowest BCUT2D eigenvalue weighted by atomic mass is 10.2. The zero-order valence-electron chi connectivity index (χ0n) is 8.72. The standard InChI is InChI=1S/C10H10BrF3O3/c11-3-7-1-9(16-5-13)10(17-6-14)2-8(7)15-4-12/h1-2H,3-6H2. The monoisotopic (exact) mass is 314 g/mol. The Hall–Kier alpha value is -1.11. The van der Waals surface area contributed by atoms with E-state index in [1.54, 1.807) is 0 Å². The van der Waals surface area contributed by atoms with Crippen LogP contribution in [-0.2, 0) is 5.33 Å². The summed E-state index contributed by atoms with van der Waals surface area (Å²) in [6.45, 7) is -3.21. The van der Waals surface area contributed by atoms with Crippen LogP contribution in [0.2, 0.25) is 0 Å². The molecule has 0 saturated carbocycles. The first-order valence-corrected chi connectivity index (χ1v) is 5.68. The number of hydrogen-bond acceptors (Lipinski definition) is 3. The van der Waals surface area contributed by atoms with E-state index in [0.717, 1.165) is 0 Å². The molecule has 17 heavy (non-hydrogen) atoms. The molecule has 0 spiro atoms. The van der Waals surface area contributed by atoms with Crippen molar-refractivity contribution in [2.75, 3.05) is 20.6 Å². The molecular weight excluding hydrogens is 305 g/mol. The summed E-state index contributed by atoms with van der Waals surface area (Å²) < 4.78 is 50.3. The first-order chi connectivity index (χ1) is 8.26. The summed E-state index contributed by atoms with van der Waals surface area (Å²) in [5.74, 6) is 0.170. The van der Waals surface area contributed by atoms with E-state index in [1.807, 2.05) is 0 Å². The van der Waals surface area contributed by atoms with Crippen molar-refractivity contribution in [2.24, 2.45) is 0 Å². The summed E-state index contributed by atoms with van der Waals surface area (Å²) in [6, 6.07) is 2.64. The van der Waals surface area contributed by atoms with Gasteiger partial charge in [0.05, 0.1) is 0 Å². The van der Waals surface area contributed by atoms with Gasteiger partial charge in [0.1, 0.15) is 5.75 Å². The Morgan fingerprint density at radius 3 is 1.76 bits per heavy atom. The van der Waals surface area contributed by atoms with E-state index >= 15 is 0 Å². The Kier molecular flexibility index (Phi) is 5.96. The number of halogens is 4. The number of ether oxygens (including phenoxy) is 3. The highest BCUT2D eigenvalue weighted by Gasteiger charge is 2.13. The van der Waals surface area contributed by atoms with Crippen molar-refractivity contribution in [1.29, 1.82) is 0 Å². The van der Waals surface area contributed by atoms with E-state index in [0.29, 0.717) is 10.9 Å². The van der Waals surface area contributed by atoms with Gasteiger partial charge in [-0.05, 0) is 6.07 Å². The summed E-state index contributed by atoms with van der Waals surface area (Å²) in [5.41, 5.74) is 0.539. The molecule has 0 fully saturated rings. The molecule has 0 bridgehead atoms. The molecule has 0 saturated heterocycles. The van der Waals surface area contributed by atoms with Gasteiger partial charge in [-0.2, -0.15) is 0 Å². The maximum absolute atomic E-state index is 12.1. The highest BCUT2D eigenvalue weighted by molar-refractivity contribution is 9.08. The van der Waals surface area contributed by atoms with Gasteiger partial charge >= 0.3 is 0 Å².